The van der Waals surface area contributed by atoms with Gasteiger partial charge in [-0.05, 0) is 39.8 Å². The zero-order valence-electron chi connectivity index (χ0n) is 11.1. The first-order valence-electron chi connectivity index (χ1n) is 5.81. The largest absolute Gasteiger partial charge is 0.444 e. The van der Waals surface area contributed by atoms with Gasteiger partial charge in [-0.2, -0.15) is 0 Å². The Morgan fingerprint density at radius 1 is 1.50 bits per heavy atom. The van der Waals surface area contributed by atoms with Crippen LogP contribution in [0.25, 0.3) is 0 Å². The fourth-order valence-corrected chi connectivity index (χ4v) is 2.37. The summed E-state index contributed by atoms with van der Waals surface area (Å²) in [7, 11) is 0. The summed E-state index contributed by atoms with van der Waals surface area (Å²) in [5.41, 5.74) is -0.540. The van der Waals surface area contributed by atoms with E-state index in [9.17, 15) is 9.59 Å². The fourth-order valence-electron chi connectivity index (χ4n) is 1.43. The van der Waals surface area contributed by atoms with Gasteiger partial charge < -0.3 is 14.8 Å². The highest BCUT2D eigenvalue weighted by Crippen LogP contribution is 2.25. The molecule has 4 nitrogen and oxygen atoms in total. The van der Waals surface area contributed by atoms with Crippen molar-refractivity contribution >= 4 is 23.7 Å². The Hall–Kier alpha value is -1.36. The van der Waals surface area contributed by atoms with Crippen LogP contribution in [0.1, 0.15) is 43.0 Å². The number of hydrogen-bond acceptors (Lipinski definition) is 4. The van der Waals surface area contributed by atoms with E-state index in [1.165, 1.54) is 0 Å². The van der Waals surface area contributed by atoms with Crippen LogP contribution in [0.15, 0.2) is 12.1 Å². The molecule has 1 amide bonds. The molecule has 0 aliphatic rings. The highest BCUT2D eigenvalue weighted by atomic mass is 32.1. The Kier molecular flexibility index (Phi) is 4.90. The van der Waals surface area contributed by atoms with E-state index in [0.717, 1.165) is 16.0 Å². The predicted octanol–water partition coefficient (Wildman–Crippen LogP) is 3.21. The monoisotopic (exact) mass is 269 g/mol. The third-order valence-electron chi connectivity index (χ3n) is 2.13. The minimum Gasteiger partial charge on any atom is -0.444 e. The normalized spacial score (nSPS) is 12.9. The molecule has 0 aromatic carbocycles. The molecule has 1 aromatic heterocycles. The van der Waals surface area contributed by atoms with Gasteiger partial charge in [-0.25, -0.2) is 4.79 Å². The summed E-state index contributed by atoms with van der Waals surface area (Å²) < 4.78 is 5.18. The van der Waals surface area contributed by atoms with E-state index in [1.54, 1.807) is 32.1 Å². The van der Waals surface area contributed by atoms with Crippen molar-refractivity contribution < 1.29 is 14.3 Å². The van der Waals surface area contributed by atoms with Crippen LogP contribution in [0.4, 0.5) is 4.79 Å². The maximum absolute atomic E-state index is 11.7. The molecule has 1 rings (SSSR count). The van der Waals surface area contributed by atoms with Crippen molar-refractivity contribution in [3.05, 3.63) is 21.9 Å². The van der Waals surface area contributed by atoms with E-state index in [0.29, 0.717) is 0 Å². The quantitative estimate of drug-likeness (QED) is 0.854. The number of nitrogens with one attached hydrogen (secondary N) is 1. The van der Waals surface area contributed by atoms with Crippen LogP contribution >= 0.6 is 11.3 Å². The smallest absolute Gasteiger partial charge is 0.408 e. The molecule has 0 aliphatic carbocycles. The summed E-state index contributed by atoms with van der Waals surface area (Å²) in [6.45, 7) is 7.39. The molecule has 0 saturated heterocycles. The molecular weight excluding hydrogens is 250 g/mol. The maximum Gasteiger partial charge on any atom is 0.408 e. The second-order valence-electron chi connectivity index (χ2n) is 5.05. The number of hydrogen-bond donors (Lipinski definition) is 1. The van der Waals surface area contributed by atoms with Crippen molar-refractivity contribution in [1.82, 2.24) is 5.32 Å². The average Bonchev–Trinajstić information content (AvgIpc) is 2.61. The number of aryl methyl sites for hydroxylation is 1. The van der Waals surface area contributed by atoms with Crippen LogP contribution in [0, 0.1) is 6.92 Å². The number of rotatable bonds is 4. The second kappa shape index (κ2) is 6.00. The number of ether oxygens (including phenoxy) is 1. The number of thiophene rings is 1. The molecule has 0 bridgehead atoms. The van der Waals surface area contributed by atoms with E-state index in [2.05, 4.69) is 5.32 Å². The van der Waals surface area contributed by atoms with Gasteiger partial charge in [0.2, 0.25) is 0 Å². The Bertz CT molecular complexity index is 420. The van der Waals surface area contributed by atoms with Crippen molar-refractivity contribution in [2.24, 2.45) is 0 Å². The molecule has 0 radical (unpaired) electrons. The minimum atomic E-state index is -0.540. The van der Waals surface area contributed by atoms with Crippen molar-refractivity contribution in [3.8, 4) is 0 Å². The van der Waals surface area contributed by atoms with Gasteiger partial charge in [0.15, 0.2) is 0 Å². The SMILES string of the molecule is Cc1ccc([C@H](CC=O)NC(=O)OC(C)(C)C)s1. The lowest BCUT2D eigenvalue weighted by Gasteiger charge is -2.22. The summed E-state index contributed by atoms with van der Waals surface area (Å²) >= 11 is 1.57. The molecule has 5 heteroatoms. The average molecular weight is 269 g/mol. The summed E-state index contributed by atoms with van der Waals surface area (Å²) in [5.74, 6) is 0. The number of alkyl carbamates (subject to hydrolysis) is 1. The lowest BCUT2D eigenvalue weighted by Crippen LogP contribution is -2.34. The summed E-state index contributed by atoms with van der Waals surface area (Å²) in [6, 6.07) is 3.58. The van der Waals surface area contributed by atoms with Crippen LogP contribution in [0.5, 0.6) is 0 Å². The van der Waals surface area contributed by atoms with Gasteiger partial charge in [0.05, 0.1) is 6.04 Å². The number of carbonyl (C=O) groups is 2. The molecule has 18 heavy (non-hydrogen) atoms. The van der Waals surface area contributed by atoms with Gasteiger partial charge in [-0.15, -0.1) is 11.3 Å². The fraction of sp³-hybridized carbons (Fsp3) is 0.538. The van der Waals surface area contributed by atoms with Gasteiger partial charge in [-0.1, -0.05) is 0 Å². The van der Waals surface area contributed by atoms with Crippen LogP contribution in [-0.2, 0) is 9.53 Å². The molecular formula is C13H19NO3S. The molecule has 0 unspecified atom stereocenters. The first-order valence-corrected chi connectivity index (χ1v) is 6.63. The number of carbonyl (C=O) groups excluding carboxylic acids is 2. The lowest BCUT2D eigenvalue weighted by atomic mass is 10.2. The number of aldehydes is 1. The van der Waals surface area contributed by atoms with E-state index in [4.69, 9.17) is 4.74 Å². The molecule has 100 valence electrons. The summed E-state index contributed by atoms with van der Waals surface area (Å²) in [4.78, 5) is 24.5. The minimum absolute atomic E-state index is 0.249. The van der Waals surface area contributed by atoms with Gasteiger partial charge >= 0.3 is 6.09 Å². The molecule has 1 heterocycles. The topological polar surface area (TPSA) is 55.4 Å². The predicted molar refractivity (Wildman–Crippen MR) is 71.8 cm³/mol. The van der Waals surface area contributed by atoms with Crippen molar-refractivity contribution in [2.75, 3.05) is 0 Å². The summed E-state index contributed by atoms with van der Waals surface area (Å²) in [6.07, 6.45) is 0.552. The molecule has 0 fully saturated rings. The van der Waals surface area contributed by atoms with E-state index in [1.807, 2.05) is 19.1 Å². The second-order valence-corrected chi connectivity index (χ2v) is 6.37. The lowest BCUT2D eigenvalue weighted by molar-refractivity contribution is -0.108. The first-order chi connectivity index (χ1) is 8.31. The number of amides is 1. The van der Waals surface area contributed by atoms with Gasteiger partial charge in [0, 0.05) is 16.2 Å². The first kappa shape index (κ1) is 14.7. The van der Waals surface area contributed by atoms with Crippen LogP contribution < -0.4 is 5.32 Å². The van der Waals surface area contributed by atoms with E-state index in [-0.39, 0.29) is 12.5 Å². The Morgan fingerprint density at radius 2 is 2.17 bits per heavy atom. The highest BCUT2D eigenvalue weighted by molar-refractivity contribution is 7.12. The molecule has 1 atom stereocenters. The van der Waals surface area contributed by atoms with Crippen LogP contribution in [0.3, 0.4) is 0 Å². The molecule has 0 saturated carbocycles. The zero-order chi connectivity index (χ0) is 13.8. The van der Waals surface area contributed by atoms with Crippen LogP contribution in [0.2, 0.25) is 0 Å². The van der Waals surface area contributed by atoms with E-state index >= 15 is 0 Å². The Labute approximate surface area is 111 Å². The standard InChI is InChI=1S/C13H19NO3S/c1-9-5-6-11(18-9)10(7-8-15)14-12(16)17-13(2,3)4/h5-6,8,10H,7H2,1-4H3,(H,14,16)/t10-/m0/s1. The van der Waals surface area contributed by atoms with Crippen molar-refractivity contribution in [1.29, 1.82) is 0 Å². The molecule has 1 aromatic rings. The third kappa shape index (κ3) is 4.87. The summed E-state index contributed by atoms with van der Waals surface area (Å²) in [5, 5.41) is 2.72. The van der Waals surface area contributed by atoms with E-state index < -0.39 is 11.7 Å². The Balaban J connectivity index is 2.69. The van der Waals surface area contributed by atoms with Gasteiger partial charge in [0.25, 0.3) is 0 Å². The molecule has 0 aliphatic heterocycles. The van der Waals surface area contributed by atoms with Gasteiger partial charge in [0.1, 0.15) is 11.9 Å². The third-order valence-corrected chi connectivity index (χ3v) is 3.24. The zero-order valence-corrected chi connectivity index (χ0v) is 12.0. The maximum atomic E-state index is 11.7. The Morgan fingerprint density at radius 3 is 2.61 bits per heavy atom. The molecule has 0 spiro atoms. The van der Waals surface area contributed by atoms with Crippen molar-refractivity contribution in [3.63, 3.8) is 0 Å². The van der Waals surface area contributed by atoms with Crippen molar-refractivity contribution in [2.45, 2.75) is 45.8 Å². The van der Waals surface area contributed by atoms with Gasteiger partial charge in [-0.3, -0.25) is 0 Å². The molecule has 1 N–H and O–H groups in total. The van der Waals surface area contributed by atoms with Crippen LogP contribution in [-0.4, -0.2) is 18.0 Å². The highest BCUT2D eigenvalue weighted by Gasteiger charge is 2.21.